The summed E-state index contributed by atoms with van der Waals surface area (Å²) in [6.07, 6.45) is 4.86. The SMILES string of the molecule is COc1cccc(-c2ccc([C@H]3[C@@H](CO)N4CCCCN(CC5CCOCC5)C[C@@H]34)cc2)c1. The van der Waals surface area contributed by atoms with Crippen LogP contribution in [0.5, 0.6) is 5.75 Å². The number of methoxy groups -OCH3 is 1. The first-order chi connectivity index (χ1) is 16.3. The van der Waals surface area contributed by atoms with Gasteiger partial charge in [0, 0.05) is 44.3 Å². The van der Waals surface area contributed by atoms with Crippen LogP contribution in [0.25, 0.3) is 11.1 Å². The van der Waals surface area contributed by atoms with Crippen LogP contribution in [-0.2, 0) is 4.74 Å². The molecular formula is C28H38N2O3. The van der Waals surface area contributed by atoms with E-state index in [0.717, 1.165) is 38.0 Å². The molecule has 0 spiro atoms. The number of fused-ring (bicyclic) bond motifs is 1. The molecule has 5 heteroatoms. The Bertz CT molecular complexity index is 896. The fraction of sp³-hybridized carbons (Fsp3) is 0.571. The minimum Gasteiger partial charge on any atom is -0.497 e. The summed E-state index contributed by atoms with van der Waals surface area (Å²) in [6, 6.07) is 18.0. The van der Waals surface area contributed by atoms with Crippen molar-refractivity contribution in [3.63, 3.8) is 0 Å². The topological polar surface area (TPSA) is 45.2 Å². The van der Waals surface area contributed by atoms with Crippen LogP contribution in [0.15, 0.2) is 48.5 Å². The first kappa shape index (κ1) is 22.9. The molecule has 3 aliphatic rings. The summed E-state index contributed by atoms with van der Waals surface area (Å²) in [5, 5.41) is 10.3. The predicted octanol–water partition coefficient (Wildman–Crippen LogP) is 4.01. The Morgan fingerprint density at radius 3 is 2.55 bits per heavy atom. The highest BCUT2D eigenvalue weighted by atomic mass is 16.5. The van der Waals surface area contributed by atoms with E-state index in [1.165, 1.54) is 55.5 Å². The van der Waals surface area contributed by atoms with Crippen LogP contribution in [0.1, 0.15) is 37.2 Å². The van der Waals surface area contributed by atoms with Gasteiger partial charge in [-0.1, -0.05) is 36.4 Å². The highest BCUT2D eigenvalue weighted by molar-refractivity contribution is 5.65. The van der Waals surface area contributed by atoms with Crippen LogP contribution >= 0.6 is 0 Å². The predicted molar refractivity (Wildman–Crippen MR) is 132 cm³/mol. The summed E-state index contributed by atoms with van der Waals surface area (Å²) in [5.41, 5.74) is 3.73. The Hall–Kier alpha value is -1.92. The van der Waals surface area contributed by atoms with Crippen LogP contribution < -0.4 is 4.74 Å². The molecule has 0 aliphatic carbocycles. The standard InChI is InChI=1S/C28H38N2O3/c1-32-25-6-4-5-24(17-25)22-7-9-23(10-8-22)28-26-19-29(18-21-11-15-33-16-12-21)13-2-3-14-30(26)27(28)20-31/h4-10,17,21,26-28,31H,2-3,11-16,18-20H2,1H3/t26-,27+,28+/m0/s1. The van der Waals surface area contributed by atoms with Crippen LogP contribution in [0.3, 0.4) is 0 Å². The quantitative estimate of drug-likeness (QED) is 0.720. The Morgan fingerprint density at radius 1 is 1.00 bits per heavy atom. The first-order valence-corrected chi connectivity index (χ1v) is 12.7. The molecule has 2 aromatic rings. The van der Waals surface area contributed by atoms with Crippen molar-refractivity contribution in [2.24, 2.45) is 5.92 Å². The Balaban J connectivity index is 1.32. The summed E-state index contributed by atoms with van der Waals surface area (Å²) in [4.78, 5) is 5.29. The van der Waals surface area contributed by atoms with Gasteiger partial charge in [-0.2, -0.15) is 0 Å². The molecule has 2 aromatic carbocycles. The van der Waals surface area contributed by atoms with Gasteiger partial charge in [0.15, 0.2) is 0 Å². The molecule has 178 valence electrons. The van der Waals surface area contributed by atoms with Crippen LogP contribution in [0.4, 0.5) is 0 Å². The van der Waals surface area contributed by atoms with Gasteiger partial charge < -0.3 is 19.5 Å². The second kappa shape index (κ2) is 10.6. The number of nitrogens with zero attached hydrogens (tertiary/aromatic N) is 2. The van der Waals surface area contributed by atoms with Crippen LogP contribution in [-0.4, -0.2) is 80.1 Å². The zero-order valence-corrected chi connectivity index (χ0v) is 19.9. The van der Waals surface area contributed by atoms with Crippen molar-refractivity contribution in [1.29, 1.82) is 0 Å². The molecule has 0 unspecified atom stereocenters. The molecule has 5 rings (SSSR count). The van der Waals surface area contributed by atoms with Crippen molar-refractivity contribution in [2.75, 3.05) is 53.1 Å². The van der Waals surface area contributed by atoms with Gasteiger partial charge in [-0.05, 0) is 73.5 Å². The molecular weight excluding hydrogens is 412 g/mol. The third kappa shape index (κ3) is 4.97. The van der Waals surface area contributed by atoms with Gasteiger partial charge in [-0.3, -0.25) is 4.90 Å². The maximum Gasteiger partial charge on any atom is 0.119 e. The largest absolute Gasteiger partial charge is 0.497 e. The summed E-state index contributed by atoms with van der Waals surface area (Å²) >= 11 is 0. The zero-order valence-electron chi connectivity index (χ0n) is 19.9. The zero-order chi connectivity index (χ0) is 22.6. The second-order valence-corrected chi connectivity index (χ2v) is 9.96. The smallest absolute Gasteiger partial charge is 0.119 e. The average molecular weight is 451 g/mol. The molecule has 0 saturated carbocycles. The summed E-state index contributed by atoms with van der Waals surface area (Å²) in [6.45, 7) is 6.69. The summed E-state index contributed by atoms with van der Waals surface area (Å²) in [7, 11) is 1.71. The van der Waals surface area contributed by atoms with Gasteiger partial charge in [0.25, 0.3) is 0 Å². The average Bonchev–Trinajstić information content (AvgIpc) is 2.85. The van der Waals surface area contributed by atoms with Crippen molar-refractivity contribution < 1.29 is 14.6 Å². The Labute approximate surface area is 198 Å². The van der Waals surface area contributed by atoms with Crippen LogP contribution in [0.2, 0.25) is 0 Å². The fourth-order valence-electron chi connectivity index (χ4n) is 6.17. The molecule has 3 aliphatic heterocycles. The molecule has 5 nitrogen and oxygen atoms in total. The number of ether oxygens (including phenoxy) is 2. The van der Waals surface area contributed by atoms with Crippen LogP contribution in [0, 0.1) is 5.92 Å². The van der Waals surface area contributed by atoms with E-state index in [0.29, 0.717) is 12.0 Å². The van der Waals surface area contributed by atoms with Gasteiger partial charge in [0.05, 0.1) is 13.7 Å². The van der Waals surface area contributed by atoms with Gasteiger partial charge in [-0.15, -0.1) is 0 Å². The molecule has 0 aromatic heterocycles. The van der Waals surface area contributed by atoms with E-state index < -0.39 is 0 Å². The maximum absolute atomic E-state index is 10.3. The monoisotopic (exact) mass is 450 g/mol. The minimum absolute atomic E-state index is 0.235. The maximum atomic E-state index is 10.3. The summed E-state index contributed by atoms with van der Waals surface area (Å²) in [5.74, 6) is 2.04. The number of hydrogen-bond donors (Lipinski definition) is 1. The molecule has 3 atom stereocenters. The minimum atomic E-state index is 0.235. The van der Waals surface area contributed by atoms with Crippen molar-refractivity contribution in [3.05, 3.63) is 54.1 Å². The molecule has 3 heterocycles. The third-order valence-corrected chi connectivity index (χ3v) is 8.01. The van der Waals surface area contributed by atoms with E-state index in [2.05, 4.69) is 46.2 Å². The lowest BCUT2D eigenvalue weighted by molar-refractivity contribution is -0.0677. The molecule has 1 N–H and O–H groups in total. The van der Waals surface area contributed by atoms with E-state index in [4.69, 9.17) is 9.47 Å². The number of aliphatic hydroxyl groups is 1. The highest BCUT2D eigenvalue weighted by Crippen LogP contribution is 2.42. The van der Waals surface area contributed by atoms with Crippen molar-refractivity contribution >= 4 is 0 Å². The number of benzene rings is 2. The Kier molecular flexibility index (Phi) is 7.31. The van der Waals surface area contributed by atoms with Gasteiger partial charge >= 0.3 is 0 Å². The highest BCUT2D eigenvalue weighted by Gasteiger charge is 2.49. The summed E-state index contributed by atoms with van der Waals surface area (Å²) < 4.78 is 11.0. The van der Waals surface area contributed by atoms with Crippen molar-refractivity contribution in [2.45, 2.75) is 43.7 Å². The van der Waals surface area contributed by atoms with E-state index in [9.17, 15) is 5.11 Å². The van der Waals surface area contributed by atoms with Crippen molar-refractivity contribution in [1.82, 2.24) is 9.80 Å². The fourth-order valence-corrected chi connectivity index (χ4v) is 6.17. The number of hydrogen-bond acceptors (Lipinski definition) is 5. The van der Waals surface area contributed by atoms with E-state index in [-0.39, 0.29) is 12.6 Å². The lowest BCUT2D eigenvalue weighted by atomic mass is 9.74. The number of rotatable bonds is 6. The van der Waals surface area contributed by atoms with Gasteiger partial charge in [0.2, 0.25) is 0 Å². The first-order valence-electron chi connectivity index (χ1n) is 12.7. The normalized spacial score (nSPS) is 27.3. The number of aliphatic hydroxyl groups excluding tert-OH is 1. The third-order valence-electron chi connectivity index (χ3n) is 8.01. The lowest BCUT2D eigenvalue weighted by Gasteiger charge is -2.57. The van der Waals surface area contributed by atoms with E-state index in [1.54, 1.807) is 7.11 Å². The van der Waals surface area contributed by atoms with Gasteiger partial charge in [0.1, 0.15) is 5.75 Å². The van der Waals surface area contributed by atoms with E-state index in [1.807, 2.05) is 12.1 Å². The van der Waals surface area contributed by atoms with Crippen molar-refractivity contribution in [3.8, 4) is 16.9 Å². The lowest BCUT2D eigenvalue weighted by Crippen LogP contribution is -2.67. The molecule has 3 fully saturated rings. The molecule has 0 amide bonds. The molecule has 0 bridgehead atoms. The molecule has 33 heavy (non-hydrogen) atoms. The van der Waals surface area contributed by atoms with Gasteiger partial charge in [-0.25, -0.2) is 0 Å². The molecule has 0 radical (unpaired) electrons. The Morgan fingerprint density at radius 2 is 1.79 bits per heavy atom. The van der Waals surface area contributed by atoms with E-state index >= 15 is 0 Å². The molecule has 3 saturated heterocycles. The second-order valence-electron chi connectivity index (χ2n) is 9.96.